The third kappa shape index (κ3) is 2.76. The fourth-order valence-electron chi connectivity index (χ4n) is 2.26. The van der Waals surface area contributed by atoms with Crippen LogP contribution in [0.3, 0.4) is 0 Å². The highest BCUT2D eigenvalue weighted by Crippen LogP contribution is 2.24. The summed E-state index contributed by atoms with van der Waals surface area (Å²) in [6, 6.07) is 6.53. The monoisotopic (exact) mass is 229 g/mol. The second-order valence-electron chi connectivity index (χ2n) is 5.02. The summed E-state index contributed by atoms with van der Waals surface area (Å²) in [5.74, 6) is 1.16. The van der Waals surface area contributed by atoms with Crippen LogP contribution in [0.1, 0.15) is 56.7 Å². The Bertz CT molecular complexity index is 426. The van der Waals surface area contributed by atoms with Gasteiger partial charge in [-0.25, -0.2) is 4.98 Å². The van der Waals surface area contributed by atoms with Gasteiger partial charge in [-0.3, -0.25) is 0 Å². The van der Waals surface area contributed by atoms with Crippen LogP contribution in [0.4, 0.5) is 5.82 Å². The van der Waals surface area contributed by atoms with Gasteiger partial charge in [-0.1, -0.05) is 26.7 Å². The number of rotatable bonds is 3. The predicted octanol–water partition coefficient (Wildman–Crippen LogP) is 3.43. The molecular formula is C14H19N3. The molecule has 0 spiro atoms. The Morgan fingerprint density at radius 2 is 2.06 bits per heavy atom. The summed E-state index contributed by atoms with van der Waals surface area (Å²) < 4.78 is 0. The Kier molecular flexibility index (Phi) is 3.63. The maximum absolute atomic E-state index is 9.09. The van der Waals surface area contributed by atoms with Crippen molar-refractivity contribution < 1.29 is 0 Å². The fourth-order valence-corrected chi connectivity index (χ4v) is 2.26. The Hall–Kier alpha value is -1.56. The van der Waals surface area contributed by atoms with Gasteiger partial charge >= 0.3 is 0 Å². The summed E-state index contributed by atoms with van der Waals surface area (Å²) in [6.45, 7) is 4.24. The van der Waals surface area contributed by atoms with Crippen LogP contribution < -0.4 is 5.32 Å². The number of hydrogen-bond acceptors (Lipinski definition) is 3. The van der Waals surface area contributed by atoms with Crippen molar-refractivity contribution in [2.24, 2.45) is 0 Å². The van der Waals surface area contributed by atoms with Crippen LogP contribution in [0, 0.1) is 11.3 Å². The standard InChI is InChI=1S/C14H19N3/c1-10(2)13-8-7-11(9-15)14(17-13)16-12-5-3-4-6-12/h7-8,10,12H,3-6H2,1-2H3,(H,16,17). The Balaban J connectivity index is 2.22. The maximum Gasteiger partial charge on any atom is 0.144 e. The number of nitrogens with zero attached hydrogens (tertiary/aromatic N) is 2. The molecule has 0 radical (unpaired) electrons. The van der Waals surface area contributed by atoms with Gasteiger partial charge in [-0.05, 0) is 30.9 Å². The summed E-state index contributed by atoms with van der Waals surface area (Å²) in [5.41, 5.74) is 1.70. The molecule has 1 saturated carbocycles. The van der Waals surface area contributed by atoms with Crippen LogP contribution in [-0.2, 0) is 0 Å². The molecule has 1 aromatic rings. The SMILES string of the molecule is CC(C)c1ccc(C#N)c(NC2CCCC2)n1. The van der Waals surface area contributed by atoms with Crippen molar-refractivity contribution in [1.29, 1.82) is 5.26 Å². The number of aromatic nitrogens is 1. The molecule has 0 bridgehead atoms. The summed E-state index contributed by atoms with van der Waals surface area (Å²) in [5, 5.41) is 12.5. The van der Waals surface area contributed by atoms with E-state index in [-0.39, 0.29) is 0 Å². The zero-order valence-corrected chi connectivity index (χ0v) is 10.5. The molecule has 1 aliphatic rings. The highest BCUT2D eigenvalue weighted by molar-refractivity contribution is 5.53. The Morgan fingerprint density at radius 1 is 1.35 bits per heavy atom. The number of nitriles is 1. The second-order valence-corrected chi connectivity index (χ2v) is 5.02. The molecule has 1 aliphatic carbocycles. The highest BCUT2D eigenvalue weighted by Gasteiger charge is 2.17. The van der Waals surface area contributed by atoms with E-state index in [0.29, 0.717) is 17.5 Å². The maximum atomic E-state index is 9.09. The molecule has 17 heavy (non-hydrogen) atoms. The lowest BCUT2D eigenvalue weighted by Crippen LogP contribution is -2.17. The number of nitrogens with one attached hydrogen (secondary N) is 1. The minimum absolute atomic E-state index is 0.395. The largest absolute Gasteiger partial charge is 0.366 e. The van der Waals surface area contributed by atoms with Crippen molar-refractivity contribution in [3.63, 3.8) is 0 Å². The molecule has 2 rings (SSSR count). The van der Waals surface area contributed by atoms with Crippen LogP contribution in [0.5, 0.6) is 0 Å². The van der Waals surface area contributed by atoms with Gasteiger partial charge in [-0.15, -0.1) is 0 Å². The molecule has 0 aromatic carbocycles. The second kappa shape index (κ2) is 5.18. The van der Waals surface area contributed by atoms with Crippen molar-refractivity contribution in [2.45, 2.75) is 51.5 Å². The Labute approximate surface area is 103 Å². The zero-order chi connectivity index (χ0) is 12.3. The van der Waals surface area contributed by atoms with Gasteiger partial charge in [0, 0.05) is 11.7 Å². The van der Waals surface area contributed by atoms with Crippen LogP contribution >= 0.6 is 0 Å². The lowest BCUT2D eigenvalue weighted by atomic mass is 10.1. The van der Waals surface area contributed by atoms with Crippen molar-refractivity contribution in [1.82, 2.24) is 4.98 Å². The molecule has 1 N–H and O–H groups in total. The molecule has 1 fully saturated rings. The minimum atomic E-state index is 0.395. The molecule has 3 heteroatoms. The van der Waals surface area contributed by atoms with Gasteiger partial charge in [0.15, 0.2) is 0 Å². The van der Waals surface area contributed by atoms with E-state index >= 15 is 0 Å². The van der Waals surface area contributed by atoms with Crippen LogP contribution in [0.25, 0.3) is 0 Å². The summed E-state index contributed by atoms with van der Waals surface area (Å²) in [4.78, 5) is 4.57. The third-order valence-electron chi connectivity index (χ3n) is 3.32. The molecule has 0 atom stereocenters. The van der Waals surface area contributed by atoms with Gasteiger partial charge in [0.25, 0.3) is 0 Å². The normalized spacial score (nSPS) is 16.1. The quantitative estimate of drug-likeness (QED) is 0.863. The minimum Gasteiger partial charge on any atom is -0.366 e. The molecule has 1 aromatic heterocycles. The summed E-state index contributed by atoms with van der Waals surface area (Å²) in [7, 11) is 0. The third-order valence-corrected chi connectivity index (χ3v) is 3.32. The number of hydrogen-bond donors (Lipinski definition) is 1. The predicted molar refractivity (Wildman–Crippen MR) is 68.9 cm³/mol. The van der Waals surface area contributed by atoms with E-state index in [1.165, 1.54) is 25.7 Å². The van der Waals surface area contributed by atoms with E-state index < -0.39 is 0 Å². The summed E-state index contributed by atoms with van der Waals surface area (Å²) in [6.07, 6.45) is 4.95. The number of pyridine rings is 1. The highest BCUT2D eigenvalue weighted by atomic mass is 15.0. The first-order valence-corrected chi connectivity index (χ1v) is 6.38. The van der Waals surface area contributed by atoms with Crippen molar-refractivity contribution in [2.75, 3.05) is 5.32 Å². The fraction of sp³-hybridized carbons (Fsp3) is 0.571. The first kappa shape index (κ1) is 11.9. The number of anilines is 1. The molecule has 3 nitrogen and oxygen atoms in total. The van der Waals surface area contributed by atoms with E-state index in [2.05, 4.69) is 30.2 Å². The zero-order valence-electron chi connectivity index (χ0n) is 10.5. The van der Waals surface area contributed by atoms with Crippen LogP contribution in [0.2, 0.25) is 0 Å². The van der Waals surface area contributed by atoms with Crippen molar-refractivity contribution >= 4 is 5.82 Å². The van der Waals surface area contributed by atoms with Gasteiger partial charge in [-0.2, -0.15) is 5.26 Å². The molecule has 0 amide bonds. The smallest absolute Gasteiger partial charge is 0.144 e. The molecule has 0 unspecified atom stereocenters. The van der Waals surface area contributed by atoms with Gasteiger partial charge in [0.1, 0.15) is 11.9 Å². The van der Waals surface area contributed by atoms with Crippen LogP contribution in [-0.4, -0.2) is 11.0 Å². The lowest BCUT2D eigenvalue weighted by Gasteiger charge is -2.15. The first-order chi connectivity index (χ1) is 8.20. The van der Waals surface area contributed by atoms with Gasteiger partial charge in [0.05, 0.1) is 5.56 Å². The molecule has 90 valence electrons. The Morgan fingerprint density at radius 3 is 2.65 bits per heavy atom. The lowest BCUT2D eigenvalue weighted by molar-refractivity contribution is 0.744. The van der Waals surface area contributed by atoms with E-state index in [9.17, 15) is 0 Å². The first-order valence-electron chi connectivity index (χ1n) is 6.38. The average Bonchev–Trinajstić information content (AvgIpc) is 2.81. The van der Waals surface area contributed by atoms with E-state index in [1.807, 2.05) is 12.1 Å². The molecule has 1 heterocycles. The molecule has 0 saturated heterocycles. The van der Waals surface area contributed by atoms with Crippen molar-refractivity contribution in [3.8, 4) is 6.07 Å². The van der Waals surface area contributed by atoms with Crippen LogP contribution in [0.15, 0.2) is 12.1 Å². The van der Waals surface area contributed by atoms with Crippen molar-refractivity contribution in [3.05, 3.63) is 23.4 Å². The van der Waals surface area contributed by atoms with Gasteiger partial charge in [0.2, 0.25) is 0 Å². The van der Waals surface area contributed by atoms with E-state index in [4.69, 9.17) is 5.26 Å². The van der Waals surface area contributed by atoms with E-state index in [1.54, 1.807) is 0 Å². The topological polar surface area (TPSA) is 48.7 Å². The average molecular weight is 229 g/mol. The molecular weight excluding hydrogens is 210 g/mol. The van der Waals surface area contributed by atoms with Gasteiger partial charge < -0.3 is 5.32 Å². The van der Waals surface area contributed by atoms with E-state index in [0.717, 1.165) is 11.5 Å². The summed E-state index contributed by atoms with van der Waals surface area (Å²) >= 11 is 0. The molecule has 0 aliphatic heterocycles.